The number of ether oxygens (including phenoxy) is 1. The molecule has 8 heteroatoms. The van der Waals surface area contributed by atoms with Crippen LogP contribution in [-0.4, -0.2) is 53.0 Å². The largest absolute Gasteiger partial charge is 0.376 e. The second-order valence-electron chi connectivity index (χ2n) is 11.7. The lowest BCUT2D eigenvalue weighted by Crippen LogP contribution is -2.44. The highest BCUT2D eigenvalue weighted by Gasteiger charge is 2.53. The van der Waals surface area contributed by atoms with Crippen LogP contribution in [0.5, 0.6) is 0 Å². The molecule has 3 atom stereocenters. The van der Waals surface area contributed by atoms with E-state index in [0.29, 0.717) is 36.7 Å². The second-order valence-corrected chi connectivity index (χ2v) is 11.7. The van der Waals surface area contributed by atoms with Crippen LogP contribution < -0.4 is 10.2 Å². The van der Waals surface area contributed by atoms with Gasteiger partial charge in [-0.1, -0.05) is 68.4 Å². The van der Waals surface area contributed by atoms with Crippen molar-refractivity contribution < 1.29 is 19.1 Å². The van der Waals surface area contributed by atoms with Crippen LogP contribution in [0.1, 0.15) is 71.4 Å². The van der Waals surface area contributed by atoms with Crippen LogP contribution in [0.4, 0.5) is 10.5 Å². The molecule has 0 unspecified atom stereocenters. The maximum atomic E-state index is 14.3. The molecule has 0 radical (unpaired) electrons. The lowest BCUT2D eigenvalue weighted by atomic mass is 9.88. The van der Waals surface area contributed by atoms with E-state index in [0.717, 1.165) is 40.6 Å². The average Bonchev–Trinajstić information content (AvgIpc) is 3.72. The number of carbonyl (C=O) groups excluding carboxylic acids is 3. The molecule has 3 aromatic carbocycles. The van der Waals surface area contributed by atoms with Crippen molar-refractivity contribution in [1.82, 2.24) is 15.2 Å². The van der Waals surface area contributed by atoms with Crippen molar-refractivity contribution in [2.45, 2.75) is 57.2 Å². The van der Waals surface area contributed by atoms with Crippen LogP contribution >= 0.6 is 0 Å². The predicted molar refractivity (Wildman–Crippen MR) is 161 cm³/mol. The Morgan fingerprint density at radius 2 is 1.79 bits per heavy atom. The maximum absolute atomic E-state index is 14.3. The fourth-order valence-electron chi connectivity index (χ4n) is 6.67. The first-order valence-corrected chi connectivity index (χ1v) is 14.8. The summed E-state index contributed by atoms with van der Waals surface area (Å²) in [7, 11) is 0. The molecule has 0 spiro atoms. The molecule has 42 heavy (non-hydrogen) atoms. The number of imide groups is 1. The van der Waals surface area contributed by atoms with Gasteiger partial charge in [-0.3, -0.25) is 14.5 Å². The first kappa shape index (κ1) is 26.5. The Hall–Kier alpha value is -4.43. The Morgan fingerprint density at radius 1 is 1.02 bits per heavy atom. The lowest BCUT2D eigenvalue weighted by Gasteiger charge is -2.36. The van der Waals surface area contributed by atoms with Gasteiger partial charge in [-0.2, -0.15) is 0 Å². The quantitative estimate of drug-likeness (QED) is 0.296. The standard InChI is InChI=1S/C34H34N4O4/c1-20(2)21-13-15-22(16-14-21)31-30-26(24-9-3-5-11-27(24)36-30)18-29-33(40)38(34(41)37(29)31)28-12-6-4-10-25(28)32(39)35-19-23-8-7-17-42-23/h3-6,9-16,20,23,29,31,36H,7-8,17-19H2,1-2H3,(H,35,39)/t23-,29-,31-/m0/s1. The minimum Gasteiger partial charge on any atom is -0.376 e. The average molecular weight is 563 g/mol. The third-order valence-corrected chi connectivity index (χ3v) is 8.87. The molecule has 2 fully saturated rings. The fraction of sp³-hybridized carbons (Fsp3) is 0.324. The van der Waals surface area contributed by atoms with Gasteiger partial charge in [0.2, 0.25) is 0 Å². The minimum atomic E-state index is -0.693. The van der Waals surface area contributed by atoms with Gasteiger partial charge in [0.25, 0.3) is 11.8 Å². The summed E-state index contributed by atoms with van der Waals surface area (Å²) in [5.41, 5.74) is 5.69. The predicted octanol–water partition coefficient (Wildman–Crippen LogP) is 5.68. The van der Waals surface area contributed by atoms with Crippen molar-refractivity contribution in [2.24, 2.45) is 0 Å². The van der Waals surface area contributed by atoms with E-state index in [1.54, 1.807) is 29.2 Å². The summed E-state index contributed by atoms with van der Waals surface area (Å²) < 4.78 is 5.65. The van der Waals surface area contributed by atoms with Crippen molar-refractivity contribution >= 4 is 34.4 Å². The van der Waals surface area contributed by atoms with Crippen LogP contribution in [0, 0.1) is 0 Å². The van der Waals surface area contributed by atoms with Gasteiger partial charge in [-0.15, -0.1) is 0 Å². The molecule has 3 aliphatic rings. The van der Waals surface area contributed by atoms with E-state index >= 15 is 0 Å². The topological polar surface area (TPSA) is 94.7 Å². The van der Waals surface area contributed by atoms with Gasteiger partial charge < -0.3 is 15.0 Å². The number of para-hydroxylation sites is 2. The number of carbonyl (C=O) groups is 3. The number of aromatic nitrogens is 1. The van der Waals surface area contributed by atoms with E-state index in [2.05, 4.69) is 54.5 Å². The third-order valence-electron chi connectivity index (χ3n) is 8.87. The molecule has 214 valence electrons. The maximum Gasteiger partial charge on any atom is 0.332 e. The number of anilines is 1. The van der Waals surface area contributed by atoms with E-state index in [1.165, 1.54) is 10.5 Å². The molecule has 8 nitrogen and oxygen atoms in total. The van der Waals surface area contributed by atoms with Gasteiger partial charge in [-0.05, 0) is 53.6 Å². The van der Waals surface area contributed by atoms with Crippen LogP contribution in [-0.2, 0) is 16.0 Å². The number of amides is 4. The van der Waals surface area contributed by atoms with Crippen LogP contribution in [0.25, 0.3) is 10.9 Å². The van der Waals surface area contributed by atoms with Gasteiger partial charge in [0, 0.05) is 36.2 Å². The van der Waals surface area contributed by atoms with Gasteiger partial charge in [0.05, 0.1) is 17.4 Å². The number of nitrogens with zero attached hydrogens (tertiary/aromatic N) is 2. The van der Waals surface area contributed by atoms with Crippen molar-refractivity contribution in [3.63, 3.8) is 0 Å². The highest BCUT2D eigenvalue weighted by atomic mass is 16.5. The summed E-state index contributed by atoms with van der Waals surface area (Å²) in [5, 5.41) is 4.00. The molecular formula is C34H34N4O4. The molecule has 0 saturated carbocycles. The second kappa shape index (κ2) is 10.4. The molecule has 3 aliphatic heterocycles. The minimum absolute atomic E-state index is 0.0168. The van der Waals surface area contributed by atoms with E-state index in [1.807, 2.05) is 18.2 Å². The zero-order valence-corrected chi connectivity index (χ0v) is 23.8. The Kier molecular flexibility index (Phi) is 6.58. The number of aromatic amines is 1. The number of fused-ring (bicyclic) bond motifs is 4. The van der Waals surface area contributed by atoms with Crippen LogP contribution in [0.2, 0.25) is 0 Å². The lowest BCUT2D eigenvalue weighted by molar-refractivity contribution is -0.120. The summed E-state index contributed by atoms with van der Waals surface area (Å²) in [4.78, 5) is 48.3. The van der Waals surface area contributed by atoms with Crippen molar-refractivity contribution in [2.75, 3.05) is 18.1 Å². The molecule has 0 bridgehead atoms. The highest BCUT2D eigenvalue weighted by molar-refractivity contribution is 6.24. The smallest absolute Gasteiger partial charge is 0.332 e. The number of benzene rings is 3. The Balaban J connectivity index is 1.28. The van der Waals surface area contributed by atoms with E-state index in [-0.39, 0.29) is 17.9 Å². The van der Waals surface area contributed by atoms with Crippen LogP contribution in [0.3, 0.4) is 0 Å². The zero-order chi connectivity index (χ0) is 29.0. The molecule has 4 heterocycles. The van der Waals surface area contributed by atoms with Gasteiger partial charge in [0.15, 0.2) is 0 Å². The summed E-state index contributed by atoms with van der Waals surface area (Å²) in [6.45, 7) is 5.39. The number of urea groups is 1. The molecule has 2 N–H and O–H groups in total. The first-order chi connectivity index (χ1) is 20.4. The number of hydrogen-bond acceptors (Lipinski definition) is 4. The number of hydrogen-bond donors (Lipinski definition) is 2. The molecule has 4 amide bonds. The Labute approximate surface area is 244 Å². The number of H-pyrrole nitrogens is 1. The van der Waals surface area contributed by atoms with E-state index in [9.17, 15) is 14.4 Å². The number of nitrogens with one attached hydrogen (secondary N) is 2. The van der Waals surface area contributed by atoms with Crippen molar-refractivity contribution in [3.8, 4) is 0 Å². The monoisotopic (exact) mass is 562 g/mol. The normalized spacial score (nSPS) is 21.7. The molecule has 4 aromatic rings. The molecule has 1 aromatic heterocycles. The van der Waals surface area contributed by atoms with Crippen molar-refractivity contribution in [3.05, 3.63) is 101 Å². The highest BCUT2D eigenvalue weighted by Crippen LogP contribution is 2.45. The first-order valence-electron chi connectivity index (χ1n) is 14.8. The van der Waals surface area contributed by atoms with Crippen LogP contribution in [0.15, 0.2) is 72.8 Å². The molecule has 7 rings (SSSR count). The Bertz CT molecular complexity index is 1690. The summed E-state index contributed by atoms with van der Waals surface area (Å²) in [5.74, 6) is -0.280. The molecule has 2 saturated heterocycles. The van der Waals surface area contributed by atoms with Crippen molar-refractivity contribution in [1.29, 1.82) is 0 Å². The Morgan fingerprint density at radius 3 is 2.55 bits per heavy atom. The van der Waals surface area contributed by atoms with E-state index in [4.69, 9.17) is 4.74 Å². The summed E-state index contributed by atoms with van der Waals surface area (Å²) in [6.07, 6.45) is 2.26. The summed E-state index contributed by atoms with van der Waals surface area (Å²) in [6, 6.07) is 21.6. The molecular weight excluding hydrogens is 528 g/mol. The van der Waals surface area contributed by atoms with Gasteiger partial charge >= 0.3 is 6.03 Å². The zero-order valence-electron chi connectivity index (χ0n) is 23.8. The van der Waals surface area contributed by atoms with Gasteiger partial charge in [-0.25, -0.2) is 9.69 Å². The SMILES string of the molecule is CC(C)c1ccc([C@H]2c3[nH]c4ccccc4c3C[C@H]3C(=O)N(c4ccccc4C(=O)NC[C@@H]4CCCO4)C(=O)N23)cc1. The van der Waals surface area contributed by atoms with E-state index < -0.39 is 18.1 Å². The fourth-order valence-corrected chi connectivity index (χ4v) is 6.67. The molecule has 0 aliphatic carbocycles. The van der Waals surface area contributed by atoms with Gasteiger partial charge in [0.1, 0.15) is 12.1 Å². The summed E-state index contributed by atoms with van der Waals surface area (Å²) >= 11 is 0. The third kappa shape index (κ3) is 4.29. The number of rotatable bonds is 6.